The van der Waals surface area contributed by atoms with Crippen LogP contribution >= 0.6 is 0 Å². The fourth-order valence-corrected chi connectivity index (χ4v) is 4.91. The summed E-state index contributed by atoms with van der Waals surface area (Å²) in [6, 6.07) is 18.4. The molecule has 2 aromatic carbocycles. The largest absolute Gasteiger partial charge is 0.480 e. The van der Waals surface area contributed by atoms with E-state index in [-0.39, 0.29) is 24.5 Å². The van der Waals surface area contributed by atoms with E-state index in [1.807, 2.05) is 60.7 Å². The molecule has 6 nitrogen and oxygen atoms in total. The zero-order chi connectivity index (χ0) is 19.1. The summed E-state index contributed by atoms with van der Waals surface area (Å²) in [4.78, 5) is 11.8. The van der Waals surface area contributed by atoms with Crippen LogP contribution < -0.4 is 4.72 Å². The molecule has 2 atom stereocenters. The lowest BCUT2D eigenvalue weighted by Gasteiger charge is -2.15. The van der Waals surface area contributed by atoms with Gasteiger partial charge in [0, 0.05) is 17.7 Å². The van der Waals surface area contributed by atoms with Crippen molar-refractivity contribution in [3.8, 4) is 0 Å². The van der Waals surface area contributed by atoms with Crippen LogP contribution in [-0.4, -0.2) is 30.8 Å². The smallest absolute Gasteiger partial charge is 0.325 e. The van der Waals surface area contributed by atoms with Gasteiger partial charge in [0.15, 0.2) is 0 Å². The number of rotatable bonds is 7. The highest BCUT2D eigenvalue weighted by Gasteiger charge is 2.63. The van der Waals surface area contributed by atoms with E-state index in [0.717, 1.165) is 10.9 Å². The number of fused-ring (bicyclic) bond motifs is 1. The topological polar surface area (TPSA) is 96.6 Å². The second-order valence-corrected chi connectivity index (χ2v) is 8.71. The summed E-state index contributed by atoms with van der Waals surface area (Å²) >= 11 is 0. The number of nitrogens with one attached hydrogen (secondary N) is 1. The molecule has 3 aromatic rings. The lowest BCUT2D eigenvalue weighted by Crippen LogP contribution is -2.45. The van der Waals surface area contributed by atoms with Crippen LogP contribution in [0.15, 0.2) is 65.1 Å². The molecule has 0 aliphatic heterocycles. The standard InChI is InChI=1S/C20H19NO5S/c22-19(23)20(13-17(20)14-6-2-1-3-7-14)21-27(24,25)11-10-16-12-15-8-4-5-9-18(15)26-16/h1-9,12,17,21H,10-11,13H2,(H,22,23)/t17-,20+/m1/s1. The SMILES string of the molecule is O=C(O)[C@]1(NS(=O)(=O)CCc2cc3ccccc3o2)C[C@@H]1c1ccccc1. The Labute approximate surface area is 156 Å². The third-order valence-corrected chi connectivity index (χ3v) is 6.39. The van der Waals surface area contributed by atoms with Crippen LogP contribution in [0.3, 0.4) is 0 Å². The van der Waals surface area contributed by atoms with Gasteiger partial charge in [-0.05, 0) is 24.1 Å². The van der Waals surface area contributed by atoms with E-state index in [2.05, 4.69) is 4.72 Å². The van der Waals surface area contributed by atoms with Crippen molar-refractivity contribution in [2.24, 2.45) is 0 Å². The summed E-state index contributed by atoms with van der Waals surface area (Å²) < 4.78 is 33.1. The molecule has 1 aromatic heterocycles. The maximum absolute atomic E-state index is 12.5. The maximum Gasteiger partial charge on any atom is 0.325 e. The molecule has 0 bridgehead atoms. The highest BCUT2D eigenvalue weighted by molar-refractivity contribution is 7.89. The van der Waals surface area contributed by atoms with E-state index in [1.54, 1.807) is 0 Å². The minimum Gasteiger partial charge on any atom is -0.480 e. The lowest BCUT2D eigenvalue weighted by molar-refractivity contribution is -0.140. The zero-order valence-electron chi connectivity index (χ0n) is 14.5. The van der Waals surface area contributed by atoms with Crippen LogP contribution in [-0.2, 0) is 21.2 Å². The lowest BCUT2D eigenvalue weighted by atomic mass is 10.1. The summed E-state index contributed by atoms with van der Waals surface area (Å²) in [5, 5.41) is 10.5. The molecule has 0 radical (unpaired) electrons. The Bertz CT molecular complexity index is 1060. The first-order chi connectivity index (χ1) is 12.9. The Kier molecular flexibility index (Phi) is 4.28. The number of carboxylic acid groups (broad SMARTS) is 1. The van der Waals surface area contributed by atoms with Crippen LogP contribution in [0.1, 0.15) is 23.7 Å². The van der Waals surface area contributed by atoms with Crippen LogP contribution in [0, 0.1) is 0 Å². The summed E-state index contributed by atoms with van der Waals surface area (Å²) in [6.45, 7) is 0. The molecule has 1 saturated carbocycles. The Morgan fingerprint density at radius 2 is 1.85 bits per heavy atom. The second kappa shape index (κ2) is 6.51. The number of benzene rings is 2. The second-order valence-electron chi connectivity index (χ2n) is 6.87. The fraction of sp³-hybridized carbons (Fsp3) is 0.250. The van der Waals surface area contributed by atoms with Crippen LogP contribution in [0.4, 0.5) is 0 Å². The third kappa shape index (κ3) is 3.48. The molecule has 1 aliphatic rings. The number of para-hydroxylation sites is 1. The first-order valence-electron chi connectivity index (χ1n) is 8.67. The molecule has 1 heterocycles. The van der Waals surface area contributed by atoms with Gasteiger partial charge in [0.25, 0.3) is 0 Å². The number of aliphatic carboxylic acids is 1. The van der Waals surface area contributed by atoms with Gasteiger partial charge in [0.1, 0.15) is 16.9 Å². The van der Waals surface area contributed by atoms with E-state index in [0.29, 0.717) is 11.3 Å². The normalized spacial score (nSPS) is 22.0. The highest BCUT2D eigenvalue weighted by atomic mass is 32.2. The number of hydrogen-bond acceptors (Lipinski definition) is 4. The van der Waals surface area contributed by atoms with Crippen molar-refractivity contribution in [1.82, 2.24) is 4.72 Å². The minimum atomic E-state index is -3.79. The van der Waals surface area contributed by atoms with E-state index in [1.165, 1.54) is 0 Å². The highest BCUT2D eigenvalue weighted by Crippen LogP contribution is 2.52. The number of sulfonamides is 1. The fourth-order valence-electron chi connectivity index (χ4n) is 3.47. The van der Waals surface area contributed by atoms with Crippen molar-refractivity contribution in [1.29, 1.82) is 0 Å². The first kappa shape index (κ1) is 17.8. The molecule has 1 fully saturated rings. The van der Waals surface area contributed by atoms with Gasteiger partial charge in [-0.15, -0.1) is 0 Å². The monoisotopic (exact) mass is 385 g/mol. The summed E-state index contributed by atoms with van der Waals surface area (Å²) in [7, 11) is -3.79. The molecule has 0 amide bonds. The number of hydrogen-bond donors (Lipinski definition) is 2. The molecular weight excluding hydrogens is 366 g/mol. The van der Waals surface area contributed by atoms with Crippen molar-refractivity contribution in [2.75, 3.05) is 5.75 Å². The molecule has 1 aliphatic carbocycles. The van der Waals surface area contributed by atoms with Crippen LogP contribution in [0.25, 0.3) is 11.0 Å². The van der Waals surface area contributed by atoms with Gasteiger partial charge in [-0.2, -0.15) is 4.72 Å². The van der Waals surface area contributed by atoms with Crippen molar-refractivity contribution in [2.45, 2.75) is 24.3 Å². The van der Waals surface area contributed by atoms with Gasteiger partial charge < -0.3 is 9.52 Å². The number of carboxylic acids is 1. The van der Waals surface area contributed by atoms with Crippen molar-refractivity contribution in [3.63, 3.8) is 0 Å². The number of aryl methyl sites for hydroxylation is 1. The first-order valence-corrected chi connectivity index (χ1v) is 10.3. The minimum absolute atomic E-state index is 0.176. The van der Waals surface area contributed by atoms with Crippen molar-refractivity contribution >= 4 is 27.0 Å². The molecule has 7 heteroatoms. The van der Waals surface area contributed by atoms with E-state index in [9.17, 15) is 18.3 Å². The molecule has 4 rings (SSSR count). The predicted molar refractivity (Wildman–Crippen MR) is 101 cm³/mol. The third-order valence-electron chi connectivity index (χ3n) is 4.98. The number of carbonyl (C=O) groups is 1. The van der Waals surface area contributed by atoms with Crippen molar-refractivity contribution < 1.29 is 22.7 Å². The predicted octanol–water partition coefficient (Wildman–Crippen LogP) is 2.91. The molecule has 0 spiro atoms. The Morgan fingerprint density at radius 1 is 1.15 bits per heavy atom. The summed E-state index contributed by atoms with van der Waals surface area (Å²) in [5.41, 5.74) is 0.0553. The zero-order valence-corrected chi connectivity index (χ0v) is 15.3. The molecule has 27 heavy (non-hydrogen) atoms. The molecular formula is C20H19NO5S. The molecule has 2 N–H and O–H groups in total. The maximum atomic E-state index is 12.5. The van der Waals surface area contributed by atoms with Gasteiger partial charge in [-0.25, -0.2) is 8.42 Å². The molecule has 0 unspecified atom stereocenters. The number of furan rings is 1. The van der Waals surface area contributed by atoms with E-state index >= 15 is 0 Å². The quantitative estimate of drug-likeness (QED) is 0.652. The van der Waals surface area contributed by atoms with Crippen molar-refractivity contribution in [3.05, 3.63) is 72.0 Å². The Balaban J connectivity index is 1.47. The van der Waals surface area contributed by atoms with E-state index in [4.69, 9.17) is 4.42 Å². The summed E-state index contributed by atoms with van der Waals surface area (Å²) in [5.74, 6) is -1.19. The van der Waals surface area contributed by atoms with Gasteiger partial charge in [-0.3, -0.25) is 4.79 Å². The average Bonchev–Trinajstić information content (AvgIpc) is 3.21. The van der Waals surface area contributed by atoms with Gasteiger partial charge in [-0.1, -0.05) is 48.5 Å². The Hall–Kier alpha value is -2.64. The average molecular weight is 385 g/mol. The van der Waals surface area contributed by atoms with E-state index < -0.39 is 21.5 Å². The molecule has 0 saturated heterocycles. The Morgan fingerprint density at radius 3 is 2.56 bits per heavy atom. The summed E-state index contributed by atoms with van der Waals surface area (Å²) in [6.07, 6.45) is 0.423. The molecule has 140 valence electrons. The van der Waals surface area contributed by atoms with Crippen LogP contribution in [0.2, 0.25) is 0 Å². The van der Waals surface area contributed by atoms with Gasteiger partial charge in [0.2, 0.25) is 10.0 Å². The van der Waals surface area contributed by atoms with Gasteiger partial charge >= 0.3 is 5.97 Å². The van der Waals surface area contributed by atoms with Crippen LogP contribution in [0.5, 0.6) is 0 Å². The van der Waals surface area contributed by atoms with Gasteiger partial charge in [0.05, 0.1) is 5.75 Å².